The molecule has 1 rings (SSSR count). The van der Waals surface area contributed by atoms with E-state index >= 15 is 0 Å². The minimum absolute atomic E-state index is 0. The fourth-order valence-corrected chi connectivity index (χ4v) is 3.79. The van der Waals surface area contributed by atoms with Crippen LogP contribution in [0.15, 0.2) is 34.2 Å². The van der Waals surface area contributed by atoms with Crippen molar-refractivity contribution in [3.05, 3.63) is 29.8 Å². The Labute approximate surface area is 193 Å². The van der Waals surface area contributed by atoms with E-state index in [0.29, 0.717) is 25.2 Å². The number of halogens is 1. The molecular weight excluding hydrogens is 503 g/mol. The summed E-state index contributed by atoms with van der Waals surface area (Å²) in [6.45, 7) is 7.68. The summed E-state index contributed by atoms with van der Waals surface area (Å²) >= 11 is 0. The summed E-state index contributed by atoms with van der Waals surface area (Å²) < 4.78 is 32.1. The smallest absolute Gasteiger partial charge is 0.240 e. The lowest BCUT2D eigenvalue weighted by Crippen LogP contribution is -2.41. The van der Waals surface area contributed by atoms with Gasteiger partial charge in [0.2, 0.25) is 10.0 Å². The molecular formula is C20H37IN4O3S. The highest BCUT2D eigenvalue weighted by molar-refractivity contribution is 14.0. The molecule has 0 fully saturated rings. The Balaban J connectivity index is 0.00000784. The van der Waals surface area contributed by atoms with Crippen molar-refractivity contribution in [2.45, 2.75) is 57.5 Å². The lowest BCUT2D eigenvalue weighted by molar-refractivity contribution is 0.204. The lowest BCUT2D eigenvalue weighted by Gasteiger charge is -2.18. The maximum atomic E-state index is 12.3. The first-order chi connectivity index (χ1) is 13.3. The van der Waals surface area contributed by atoms with Crippen molar-refractivity contribution in [3.63, 3.8) is 0 Å². The van der Waals surface area contributed by atoms with Crippen LogP contribution >= 0.6 is 24.0 Å². The number of nitrogens with zero attached hydrogens (tertiary/aromatic N) is 1. The van der Waals surface area contributed by atoms with Crippen molar-refractivity contribution in [3.8, 4) is 0 Å². The first kappa shape index (κ1) is 28.1. The number of sulfonamides is 1. The van der Waals surface area contributed by atoms with Crippen molar-refractivity contribution >= 4 is 40.0 Å². The van der Waals surface area contributed by atoms with E-state index in [1.165, 1.54) is 20.0 Å². The topological polar surface area (TPSA) is 91.8 Å². The molecule has 0 aliphatic heterocycles. The molecule has 0 radical (unpaired) electrons. The van der Waals surface area contributed by atoms with Gasteiger partial charge in [-0.05, 0) is 37.0 Å². The van der Waals surface area contributed by atoms with Gasteiger partial charge < -0.3 is 15.4 Å². The minimum atomic E-state index is -3.54. The first-order valence-corrected chi connectivity index (χ1v) is 11.3. The van der Waals surface area contributed by atoms with Gasteiger partial charge in [-0.25, -0.2) is 13.1 Å². The van der Waals surface area contributed by atoms with E-state index < -0.39 is 10.0 Å². The molecule has 0 heterocycles. The second-order valence-electron chi connectivity index (χ2n) is 7.33. The molecule has 0 saturated carbocycles. The Hall–Kier alpha value is -0.910. The molecule has 7 nitrogen and oxygen atoms in total. The highest BCUT2D eigenvalue weighted by Crippen LogP contribution is 2.11. The average molecular weight is 541 g/mol. The number of methoxy groups -OCH3 is 1. The first-order valence-electron chi connectivity index (χ1n) is 9.83. The maximum absolute atomic E-state index is 12.3. The van der Waals surface area contributed by atoms with Crippen LogP contribution in [0.1, 0.15) is 45.6 Å². The zero-order valence-corrected chi connectivity index (χ0v) is 21.3. The van der Waals surface area contributed by atoms with Gasteiger partial charge in [-0.2, -0.15) is 0 Å². The quantitative estimate of drug-likeness (QED) is 0.164. The molecule has 3 N–H and O–H groups in total. The number of ether oxygens (including phenoxy) is 1. The van der Waals surface area contributed by atoms with Crippen LogP contribution in [0.4, 0.5) is 0 Å². The average Bonchev–Trinajstić information content (AvgIpc) is 2.65. The number of hydrogen-bond acceptors (Lipinski definition) is 4. The molecule has 0 amide bonds. The number of benzene rings is 1. The van der Waals surface area contributed by atoms with Gasteiger partial charge in [0, 0.05) is 33.3 Å². The molecule has 0 bridgehead atoms. The molecule has 1 unspecified atom stereocenters. The van der Waals surface area contributed by atoms with Gasteiger partial charge in [-0.3, -0.25) is 4.99 Å². The predicted molar refractivity (Wildman–Crippen MR) is 130 cm³/mol. The van der Waals surface area contributed by atoms with Crippen molar-refractivity contribution in [1.29, 1.82) is 0 Å². The standard InChI is InChI=1S/C20H36N4O3S.HI/c1-16(2)8-6-9-17(3)24-20(21-4)22-15-18-10-7-11-19(14-18)28(25,26)23-12-13-27-5;/h7,10-11,14,16-17,23H,6,8-9,12-13,15H2,1-5H3,(H2,21,22,24);1H. The largest absolute Gasteiger partial charge is 0.383 e. The van der Waals surface area contributed by atoms with Crippen LogP contribution in [-0.2, 0) is 21.3 Å². The number of hydrogen-bond donors (Lipinski definition) is 3. The minimum Gasteiger partial charge on any atom is -0.383 e. The third-order valence-corrected chi connectivity index (χ3v) is 5.75. The Bertz CT molecular complexity index is 711. The summed E-state index contributed by atoms with van der Waals surface area (Å²) in [6.07, 6.45) is 3.48. The van der Waals surface area contributed by atoms with E-state index in [4.69, 9.17) is 4.74 Å². The molecule has 168 valence electrons. The monoisotopic (exact) mass is 540 g/mol. The van der Waals surface area contributed by atoms with E-state index in [2.05, 4.69) is 41.1 Å². The highest BCUT2D eigenvalue weighted by atomic mass is 127. The Kier molecular flexibility index (Phi) is 14.5. The molecule has 29 heavy (non-hydrogen) atoms. The van der Waals surface area contributed by atoms with Gasteiger partial charge in [0.15, 0.2) is 5.96 Å². The molecule has 0 spiro atoms. The number of guanidine groups is 1. The van der Waals surface area contributed by atoms with Crippen LogP contribution in [0.3, 0.4) is 0 Å². The third-order valence-electron chi connectivity index (χ3n) is 4.29. The molecule has 1 atom stereocenters. The molecule has 1 aromatic rings. The normalized spacial score (nSPS) is 13.1. The van der Waals surface area contributed by atoms with Crippen molar-refractivity contribution in [2.75, 3.05) is 27.3 Å². The Morgan fingerprint density at radius 2 is 1.93 bits per heavy atom. The molecule has 0 aliphatic rings. The molecule has 9 heteroatoms. The van der Waals surface area contributed by atoms with Crippen LogP contribution < -0.4 is 15.4 Å². The zero-order valence-electron chi connectivity index (χ0n) is 18.2. The fraction of sp³-hybridized carbons (Fsp3) is 0.650. The van der Waals surface area contributed by atoms with Crippen molar-refractivity contribution in [1.82, 2.24) is 15.4 Å². The third kappa shape index (κ3) is 11.8. The molecule has 0 aliphatic carbocycles. The van der Waals surface area contributed by atoms with Gasteiger partial charge in [0.05, 0.1) is 11.5 Å². The fourth-order valence-electron chi connectivity index (χ4n) is 2.70. The summed E-state index contributed by atoms with van der Waals surface area (Å²) in [5.74, 6) is 1.43. The van der Waals surface area contributed by atoms with Crippen molar-refractivity contribution in [2.24, 2.45) is 10.9 Å². The number of nitrogens with one attached hydrogen (secondary N) is 3. The van der Waals surface area contributed by atoms with Crippen LogP contribution in [-0.4, -0.2) is 47.7 Å². The molecule has 1 aromatic carbocycles. The van der Waals surface area contributed by atoms with E-state index in [-0.39, 0.29) is 35.4 Å². The summed E-state index contributed by atoms with van der Waals surface area (Å²) in [4.78, 5) is 4.50. The van der Waals surface area contributed by atoms with Crippen LogP contribution in [0.25, 0.3) is 0 Å². The highest BCUT2D eigenvalue weighted by Gasteiger charge is 2.14. The van der Waals surface area contributed by atoms with Gasteiger partial charge in [0.1, 0.15) is 0 Å². The Morgan fingerprint density at radius 3 is 2.55 bits per heavy atom. The van der Waals surface area contributed by atoms with Gasteiger partial charge >= 0.3 is 0 Å². The summed E-state index contributed by atoms with van der Waals surface area (Å²) in [5.41, 5.74) is 0.866. The summed E-state index contributed by atoms with van der Waals surface area (Å²) in [7, 11) is -0.272. The maximum Gasteiger partial charge on any atom is 0.240 e. The SMILES string of the molecule is CN=C(NCc1cccc(S(=O)(=O)NCCOC)c1)NC(C)CCCC(C)C.I. The van der Waals surface area contributed by atoms with E-state index in [0.717, 1.165) is 17.9 Å². The van der Waals surface area contributed by atoms with Crippen LogP contribution in [0.2, 0.25) is 0 Å². The van der Waals surface area contributed by atoms with E-state index in [1.807, 2.05) is 6.07 Å². The van der Waals surface area contributed by atoms with Gasteiger partial charge in [0.25, 0.3) is 0 Å². The number of aliphatic imine (C=N–C) groups is 1. The van der Waals surface area contributed by atoms with E-state index in [9.17, 15) is 8.42 Å². The van der Waals surface area contributed by atoms with Crippen LogP contribution in [0, 0.1) is 5.92 Å². The molecule has 0 saturated heterocycles. The second-order valence-corrected chi connectivity index (χ2v) is 9.10. The van der Waals surface area contributed by atoms with Gasteiger partial charge in [-0.15, -0.1) is 24.0 Å². The van der Waals surface area contributed by atoms with Crippen LogP contribution in [0.5, 0.6) is 0 Å². The Morgan fingerprint density at radius 1 is 1.21 bits per heavy atom. The predicted octanol–water partition coefficient (Wildman–Crippen LogP) is 3.11. The van der Waals surface area contributed by atoms with Gasteiger partial charge in [-0.1, -0.05) is 38.8 Å². The van der Waals surface area contributed by atoms with Crippen molar-refractivity contribution < 1.29 is 13.2 Å². The zero-order chi connectivity index (χ0) is 21.0. The summed E-state index contributed by atoms with van der Waals surface area (Å²) in [6, 6.07) is 7.21. The molecule has 0 aromatic heterocycles. The van der Waals surface area contributed by atoms with E-state index in [1.54, 1.807) is 25.2 Å². The summed E-state index contributed by atoms with van der Waals surface area (Å²) in [5, 5.41) is 6.63. The lowest BCUT2D eigenvalue weighted by atomic mass is 10.0. The number of rotatable bonds is 12. The second kappa shape index (κ2) is 15.0.